The fourth-order valence-electron chi connectivity index (χ4n) is 4.04. The van der Waals surface area contributed by atoms with Crippen molar-refractivity contribution >= 4 is 99.9 Å². The van der Waals surface area contributed by atoms with Crippen LogP contribution in [0, 0.1) is 0 Å². The highest BCUT2D eigenvalue weighted by Gasteiger charge is 2.23. The van der Waals surface area contributed by atoms with Crippen LogP contribution in [-0.2, 0) is 69.1 Å². The van der Waals surface area contributed by atoms with Crippen LogP contribution in [0.1, 0.15) is 0 Å². The normalized spacial score (nSPS) is 12.6. The molecular weight excluding hydrogens is 879 g/mol. The van der Waals surface area contributed by atoms with Crippen LogP contribution in [0.4, 0.5) is 28.4 Å². The van der Waals surface area contributed by atoms with Gasteiger partial charge in [-0.2, -0.15) is 33.7 Å². The number of sulfone groups is 2. The van der Waals surface area contributed by atoms with E-state index < -0.39 is 112 Å². The van der Waals surface area contributed by atoms with Crippen LogP contribution in [0.25, 0.3) is 10.8 Å². The molecule has 0 heterocycles. The summed E-state index contributed by atoms with van der Waals surface area (Å²) < 4.78 is 175. The molecule has 0 saturated carbocycles. The van der Waals surface area contributed by atoms with E-state index in [1.165, 1.54) is 36.4 Å². The lowest BCUT2D eigenvalue weighted by Crippen LogP contribution is -2.16. The minimum atomic E-state index is -4.79. The maximum atomic E-state index is 11.8. The molecule has 0 aliphatic rings. The number of phenols is 1. The second-order valence-electron chi connectivity index (χ2n) is 10.7. The number of aromatic hydroxyl groups is 1. The van der Waals surface area contributed by atoms with Gasteiger partial charge in [0.05, 0.1) is 57.3 Å². The van der Waals surface area contributed by atoms with Gasteiger partial charge in [-0.3, -0.25) is 18.2 Å². The van der Waals surface area contributed by atoms with Crippen molar-refractivity contribution in [2.75, 3.05) is 53.4 Å². The zero-order chi connectivity index (χ0) is 43.2. The topological polar surface area (TPSA) is 455 Å². The van der Waals surface area contributed by atoms with Crippen molar-refractivity contribution in [1.82, 2.24) is 0 Å². The van der Waals surface area contributed by atoms with E-state index in [0.29, 0.717) is 11.8 Å². The second kappa shape index (κ2) is 17.7. The molecule has 0 aromatic heterocycles. The van der Waals surface area contributed by atoms with Crippen molar-refractivity contribution in [3.05, 3.63) is 60.7 Å². The van der Waals surface area contributed by atoms with Crippen molar-refractivity contribution in [3.8, 4) is 5.75 Å². The van der Waals surface area contributed by atoms with E-state index in [9.17, 15) is 55.6 Å². The molecule has 0 bridgehead atoms. The monoisotopic (exact) mass is 911 g/mol. The predicted octanol–water partition coefficient (Wildman–Crippen LogP) is -0.491. The number of nitrogens with two attached hydrogens (primary N) is 5. The van der Waals surface area contributed by atoms with Crippen molar-refractivity contribution < 1.29 is 82.2 Å². The van der Waals surface area contributed by atoms with E-state index in [0.717, 1.165) is 18.2 Å². The van der Waals surface area contributed by atoms with Gasteiger partial charge >= 0.3 is 20.8 Å². The Labute approximate surface area is 320 Å². The Balaban J connectivity index is 0.000000292. The summed E-state index contributed by atoms with van der Waals surface area (Å²) in [5.41, 5.74) is 27.4. The van der Waals surface area contributed by atoms with Gasteiger partial charge in [-0.1, -0.05) is 0 Å². The Hall–Kier alpha value is -4.60. The predicted molar refractivity (Wildman–Crippen MR) is 199 cm³/mol. The van der Waals surface area contributed by atoms with E-state index in [1.807, 2.05) is 0 Å². The molecule has 4 aromatic carbocycles. The van der Waals surface area contributed by atoms with Gasteiger partial charge < -0.3 is 33.8 Å². The Morgan fingerprint density at radius 3 is 1.36 bits per heavy atom. The number of phenolic OH excluding ortho intramolecular Hbond substituents is 1. The number of anilines is 5. The molecule has 4 aromatic rings. The Morgan fingerprint density at radius 1 is 0.482 bits per heavy atom. The fourth-order valence-corrected chi connectivity index (χ4v) is 8.40. The first kappa shape index (κ1) is 47.6. The maximum absolute atomic E-state index is 11.8. The smallest absolute Gasteiger partial charge is 0.397 e. The Bertz CT molecular complexity index is 2780. The van der Waals surface area contributed by atoms with E-state index >= 15 is 0 Å². The molecule has 4 rings (SSSR count). The third-order valence-corrected chi connectivity index (χ3v) is 12.8. The molecule has 15 N–H and O–H groups in total. The van der Waals surface area contributed by atoms with E-state index in [-0.39, 0.29) is 32.7 Å². The van der Waals surface area contributed by atoms with Crippen molar-refractivity contribution in [1.29, 1.82) is 0 Å². The Kier molecular flexibility index (Phi) is 15.0. The second-order valence-corrected chi connectivity index (χ2v) is 19.8. The SMILES string of the molecule is Nc1ccc(S(=O)(=O)CCOS(=O)(=O)O)cc1.Nc1ccc(S(=O)(=O)CCOS(=O)(=O)O)cc1S(=O)(=O)O.Nc1ccc2c(O)c(N)c(S(=O)(=O)O)cc2c1N. The summed E-state index contributed by atoms with van der Waals surface area (Å²) in [6.45, 7) is -1.52. The van der Waals surface area contributed by atoms with Crippen LogP contribution in [0.3, 0.4) is 0 Å². The molecule has 30 heteroatoms. The standard InChI is InChI=1S/C10H11N3O4S.C8H11NO9S3.C8H11NO6S2/c11-6-2-1-4-5(8(6)12)3-7(18(15,16)17)9(13)10(4)14;9-7-2-1-6(5-8(7)20(12,13)14)19(10,11)4-3-18-21(15,16)17;9-7-1-3-8(4-2-7)16(10,11)6-5-15-17(12,13)14/h1-3,14H,11-13H2,(H,15,16,17);1-2,5H,3-4,9H2,(H,12,13,14)(H,15,16,17);1-4H,5-6,9H2,(H,12,13,14). The zero-order valence-electron chi connectivity index (χ0n) is 27.9. The van der Waals surface area contributed by atoms with E-state index in [4.69, 9.17) is 46.9 Å². The summed E-state index contributed by atoms with van der Waals surface area (Å²) >= 11 is 0. The molecule has 0 radical (unpaired) electrons. The number of rotatable bonds is 12. The van der Waals surface area contributed by atoms with Crippen LogP contribution in [0.5, 0.6) is 5.75 Å². The molecule has 0 unspecified atom stereocenters. The molecule has 0 aliphatic carbocycles. The first-order valence-electron chi connectivity index (χ1n) is 14.2. The third kappa shape index (κ3) is 13.9. The van der Waals surface area contributed by atoms with Crippen molar-refractivity contribution in [2.24, 2.45) is 0 Å². The summed E-state index contributed by atoms with van der Waals surface area (Å²) in [5, 5.41) is 10.3. The van der Waals surface area contributed by atoms with E-state index in [1.54, 1.807) is 0 Å². The summed E-state index contributed by atoms with van der Waals surface area (Å²) in [6.07, 6.45) is 0. The first-order valence-corrected chi connectivity index (χ1v) is 23.2. The molecule has 0 atom stereocenters. The number of hydrogen-bond donors (Lipinski definition) is 10. The number of nitrogen functional groups attached to an aromatic ring is 5. The molecule has 0 spiro atoms. The van der Waals surface area contributed by atoms with Gasteiger partial charge in [-0.15, -0.1) is 0 Å². The third-order valence-electron chi connectivity index (χ3n) is 6.68. The van der Waals surface area contributed by atoms with Crippen LogP contribution in [0.2, 0.25) is 0 Å². The average molecular weight is 912 g/mol. The highest BCUT2D eigenvalue weighted by atomic mass is 32.3. The van der Waals surface area contributed by atoms with Crippen molar-refractivity contribution in [3.63, 3.8) is 0 Å². The van der Waals surface area contributed by atoms with Gasteiger partial charge in [0.2, 0.25) is 0 Å². The molecule has 312 valence electrons. The molecule has 0 saturated heterocycles. The molecule has 0 fully saturated rings. The first-order chi connectivity index (χ1) is 25.3. The van der Waals surface area contributed by atoms with Gasteiger partial charge in [0, 0.05) is 16.5 Å². The van der Waals surface area contributed by atoms with Gasteiger partial charge in [-0.25, -0.2) is 25.2 Å². The van der Waals surface area contributed by atoms with Gasteiger partial charge in [-0.05, 0) is 60.7 Å². The molecular formula is C26H33N5O19S6. The van der Waals surface area contributed by atoms with Crippen LogP contribution in [0.15, 0.2) is 80.2 Å². The van der Waals surface area contributed by atoms with Gasteiger partial charge in [0.15, 0.2) is 19.7 Å². The Morgan fingerprint density at radius 2 is 0.911 bits per heavy atom. The summed E-state index contributed by atoms with van der Waals surface area (Å²) in [7, 11) is -26.5. The summed E-state index contributed by atoms with van der Waals surface area (Å²) in [6, 6.07) is 12.0. The lowest BCUT2D eigenvalue weighted by molar-refractivity contribution is 0.282. The van der Waals surface area contributed by atoms with Gasteiger partial charge in [0.1, 0.15) is 15.5 Å². The molecule has 56 heavy (non-hydrogen) atoms. The fraction of sp³-hybridized carbons (Fsp3) is 0.154. The minimum Gasteiger partial charge on any atom is -0.505 e. The summed E-state index contributed by atoms with van der Waals surface area (Å²) in [5.74, 6) is -1.87. The molecule has 0 aliphatic heterocycles. The number of fused-ring (bicyclic) bond motifs is 1. The largest absolute Gasteiger partial charge is 0.505 e. The molecule has 24 nitrogen and oxygen atoms in total. The van der Waals surface area contributed by atoms with Crippen LogP contribution in [-0.4, -0.2) is 98.5 Å². The maximum Gasteiger partial charge on any atom is 0.397 e. The van der Waals surface area contributed by atoms with Crippen LogP contribution >= 0.6 is 0 Å². The average Bonchev–Trinajstić information content (AvgIpc) is 3.03. The summed E-state index contributed by atoms with van der Waals surface area (Å²) in [4.78, 5) is -1.90. The number of hydrogen-bond acceptors (Lipinski definition) is 20. The molecule has 0 amide bonds. The quantitative estimate of drug-likeness (QED) is 0.0487. The van der Waals surface area contributed by atoms with E-state index in [2.05, 4.69) is 8.37 Å². The highest BCUT2D eigenvalue weighted by Crippen LogP contribution is 2.40. The lowest BCUT2D eigenvalue weighted by atomic mass is 10.1. The van der Waals surface area contributed by atoms with Crippen molar-refractivity contribution in [2.45, 2.75) is 19.6 Å². The number of benzene rings is 4. The minimum absolute atomic E-state index is 0.00522. The van der Waals surface area contributed by atoms with Gasteiger partial charge in [0.25, 0.3) is 20.2 Å². The highest BCUT2D eigenvalue weighted by molar-refractivity contribution is 7.92. The van der Waals surface area contributed by atoms with Crippen LogP contribution < -0.4 is 28.7 Å². The lowest BCUT2D eigenvalue weighted by Gasteiger charge is -2.11. The zero-order valence-corrected chi connectivity index (χ0v) is 32.8.